The topological polar surface area (TPSA) is 140 Å². The fourth-order valence-corrected chi connectivity index (χ4v) is 16.1. The van der Waals surface area contributed by atoms with Gasteiger partial charge in [0.1, 0.15) is 34.5 Å². The van der Waals surface area contributed by atoms with E-state index in [0.717, 1.165) is 50.1 Å². The zero-order valence-corrected chi connectivity index (χ0v) is 56.7. The molecule has 6 amide bonds. The number of anilines is 1. The Balaban J connectivity index is 0.797. The van der Waals surface area contributed by atoms with Gasteiger partial charge >= 0.3 is 0 Å². The van der Waals surface area contributed by atoms with Crippen molar-refractivity contribution in [3.63, 3.8) is 0 Å². The molecule has 93 heavy (non-hydrogen) atoms. The van der Waals surface area contributed by atoms with Gasteiger partial charge in [-0.3, -0.25) is 38.6 Å². The molecular formula is C81H85N3O9. The van der Waals surface area contributed by atoms with Gasteiger partial charge in [0.05, 0.1) is 50.1 Å². The minimum atomic E-state index is -1.02. The second-order valence-corrected chi connectivity index (χ2v) is 27.1. The molecule has 0 spiro atoms. The summed E-state index contributed by atoms with van der Waals surface area (Å²) in [6.45, 7) is 33.1. The van der Waals surface area contributed by atoms with Gasteiger partial charge in [0, 0.05) is 10.8 Å². The van der Waals surface area contributed by atoms with Crippen LogP contribution in [0.4, 0.5) is 5.69 Å². The predicted octanol–water partition coefficient (Wildman–Crippen LogP) is 19.3. The van der Waals surface area contributed by atoms with Crippen molar-refractivity contribution in [3.8, 4) is 34.5 Å². The summed E-state index contributed by atoms with van der Waals surface area (Å²) in [4.78, 5) is 92.4. The SMILES string of the molecule is CCC(CC)(c1c(C)cccc1C)N1C(=O)c2ccc(Oc3ccc(C(C)(C)c4ccc(Oc5ccc6c(c5)C(=O)N(c5c(C)cc(C)c(C(CC)(CC)C(CC)(CC)N7C(=O)c8ccc(Oc9ccc(C(C)(C)C)cc9)cc8C7=O)c5C)C6=O)cc4)cc3)cc2C1=O. The van der Waals surface area contributed by atoms with Gasteiger partial charge < -0.3 is 14.2 Å². The molecule has 0 bridgehead atoms. The Bertz CT molecular complexity index is 4330. The van der Waals surface area contributed by atoms with Crippen molar-refractivity contribution in [1.29, 1.82) is 0 Å². The number of imide groups is 3. The van der Waals surface area contributed by atoms with Crippen molar-refractivity contribution in [2.45, 2.75) is 177 Å². The highest BCUT2D eigenvalue weighted by Crippen LogP contribution is 2.55. The number of carbonyl (C=O) groups is 6. The summed E-state index contributed by atoms with van der Waals surface area (Å²) < 4.78 is 19.1. The number of amides is 6. The van der Waals surface area contributed by atoms with E-state index in [1.54, 1.807) is 54.6 Å². The molecule has 3 aliphatic heterocycles. The molecule has 12 nitrogen and oxygen atoms in total. The summed E-state index contributed by atoms with van der Waals surface area (Å²) in [5, 5.41) is 0. The van der Waals surface area contributed by atoms with Crippen LogP contribution in [0.15, 0.2) is 152 Å². The second kappa shape index (κ2) is 24.2. The standard InChI is InChI=1S/C81H85N3O9/c1-17-79(18-2,81(21-5,22-6)84-74(88)64-43-40-61(47-67(64)76(84)90)91-56-32-26-53(27-33-56)77(12,13)14)69-50(9)44-51(10)70(52(69)11)82-71(85)62-41-38-59(45-65(62)72(82)86)92-57-34-28-54(29-35-57)78(15,16)55-30-36-58(37-31-55)93-60-39-42-63-66(46-60)75(89)83(73(63)87)80(19-3,20-4)68-48(7)24-23-25-49(68)8/h23-47H,17-22H2,1-16H3. The van der Waals surface area contributed by atoms with Crippen LogP contribution < -0.4 is 19.1 Å². The van der Waals surface area contributed by atoms with E-state index in [0.29, 0.717) is 95.4 Å². The summed E-state index contributed by atoms with van der Waals surface area (Å²) in [7, 11) is 0. The molecule has 0 radical (unpaired) electrons. The van der Waals surface area contributed by atoms with Gasteiger partial charge in [-0.2, -0.15) is 0 Å². The molecule has 0 aliphatic carbocycles. The Labute approximate surface area is 547 Å². The molecule has 0 saturated carbocycles. The van der Waals surface area contributed by atoms with Crippen molar-refractivity contribution in [2.24, 2.45) is 0 Å². The lowest BCUT2D eigenvalue weighted by molar-refractivity contribution is 0.00833. The molecule has 3 aliphatic rings. The van der Waals surface area contributed by atoms with E-state index >= 15 is 4.79 Å². The molecule has 12 heteroatoms. The molecular weight excluding hydrogens is 1160 g/mol. The number of carbonyl (C=O) groups excluding carboxylic acids is 6. The summed E-state index contributed by atoms with van der Waals surface area (Å²) in [6.07, 6.45) is 3.16. The number of benzene rings is 8. The smallest absolute Gasteiger partial charge is 0.266 e. The number of aryl methyl sites for hydroxylation is 4. The highest BCUT2D eigenvalue weighted by molar-refractivity contribution is 6.35. The van der Waals surface area contributed by atoms with Gasteiger partial charge in [-0.1, -0.05) is 137 Å². The first kappa shape index (κ1) is 65.1. The molecule has 8 aromatic rings. The lowest BCUT2D eigenvalue weighted by Gasteiger charge is -2.55. The molecule has 0 fully saturated rings. The predicted molar refractivity (Wildman–Crippen MR) is 366 cm³/mol. The molecule has 11 rings (SSSR count). The third-order valence-electron chi connectivity index (χ3n) is 21.0. The maximum atomic E-state index is 15.1. The monoisotopic (exact) mass is 1240 g/mol. The third kappa shape index (κ3) is 10.4. The van der Waals surface area contributed by atoms with Gasteiger partial charge in [0.2, 0.25) is 0 Å². The lowest BCUT2D eigenvalue weighted by Crippen LogP contribution is -2.63. The zero-order chi connectivity index (χ0) is 67.0. The van der Waals surface area contributed by atoms with Crippen LogP contribution in [0.3, 0.4) is 0 Å². The normalized spacial score (nSPS) is 14.3. The maximum Gasteiger partial charge on any atom is 0.266 e. The Morgan fingerprint density at radius 3 is 1.12 bits per heavy atom. The molecule has 478 valence electrons. The fraction of sp³-hybridized carbons (Fsp3) is 0.333. The number of rotatable bonds is 20. The summed E-state index contributed by atoms with van der Waals surface area (Å²) in [5.41, 5.74) is 8.82. The average Bonchev–Trinajstić information content (AvgIpc) is 1.69. The minimum Gasteiger partial charge on any atom is -0.457 e. The number of fused-ring (bicyclic) bond motifs is 3. The first-order valence-corrected chi connectivity index (χ1v) is 32.8. The van der Waals surface area contributed by atoms with Crippen molar-refractivity contribution < 1.29 is 43.0 Å². The van der Waals surface area contributed by atoms with Gasteiger partial charge in [0.25, 0.3) is 35.4 Å². The van der Waals surface area contributed by atoms with Crippen LogP contribution in [0.2, 0.25) is 0 Å². The fourth-order valence-electron chi connectivity index (χ4n) is 16.1. The second-order valence-electron chi connectivity index (χ2n) is 27.1. The van der Waals surface area contributed by atoms with Crippen LogP contribution in [0.1, 0.15) is 232 Å². The Hall–Kier alpha value is -9.42. The Morgan fingerprint density at radius 1 is 0.344 bits per heavy atom. The Kier molecular flexibility index (Phi) is 17.0. The van der Waals surface area contributed by atoms with Gasteiger partial charge in [-0.15, -0.1) is 0 Å². The van der Waals surface area contributed by atoms with Gasteiger partial charge in [-0.05, 0) is 225 Å². The summed E-state index contributed by atoms with van der Waals surface area (Å²) in [6, 6.07) is 46.8. The van der Waals surface area contributed by atoms with Crippen LogP contribution in [-0.4, -0.2) is 50.8 Å². The number of ether oxygens (including phenoxy) is 3. The first-order chi connectivity index (χ1) is 44.2. The van der Waals surface area contributed by atoms with E-state index in [4.69, 9.17) is 14.2 Å². The molecule has 0 aromatic heterocycles. The highest BCUT2D eigenvalue weighted by Gasteiger charge is 2.59. The average molecular weight is 1240 g/mol. The quantitative estimate of drug-likeness (QED) is 0.0682. The molecule has 8 aromatic carbocycles. The number of nitrogens with zero attached hydrogens (tertiary/aromatic N) is 3. The molecule has 0 atom stereocenters. The minimum absolute atomic E-state index is 0.0297. The summed E-state index contributed by atoms with van der Waals surface area (Å²) >= 11 is 0. The molecule has 0 N–H and O–H groups in total. The van der Waals surface area contributed by atoms with Crippen molar-refractivity contribution in [2.75, 3.05) is 4.90 Å². The van der Waals surface area contributed by atoms with Crippen LogP contribution in [-0.2, 0) is 21.8 Å². The van der Waals surface area contributed by atoms with Crippen molar-refractivity contribution in [1.82, 2.24) is 9.80 Å². The third-order valence-corrected chi connectivity index (χ3v) is 21.0. The number of hydrogen-bond donors (Lipinski definition) is 0. The molecule has 0 unspecified atom stereocenters. The lowest BCUT2D eigenvalue weighted by atomic mass is 9.57. The highest BCUT2D eigenvalue weighted by atomic mass is 16.5. The van der Waals surface area contributed by atoms with E-state index in [1.807, 2.05) is 159 Å². The summed E-state index contributed by atoms with van der Waals surface area (Å²) in [5.74, 6) is 0.761. The van der Waals surface area contributed by atoms with Crippen LogP contribution in [0.5, 0.6) is 34.5 Å². The molecule has 0 saturated heterocycles. The maximum absolute atomic E-state index is 15.1. The zero-order valence-electron chi connectivity index (χ0n) is 56.7. The largest absolute Gasteiger partial charge is 0.457 e. The van der Waals surface area contributed by atoms with E-state index in [1.165, 1.54) is 20.3 Å². The van der Waals surface area contributed by atoms with Gasteiger partial charge in [-0.25, -0.2) is 4.90 Å². The van der Waals surface area contributed by atoms with Crippen molar-refractivity contribution >= 4 is 41.1 Å². The van der Waals surface area contributed by atoms with E-state index in [2.05, 4.69) is 48.5 Å². The van der Waals surface area contributed by atoms with Crippen molar-refractivity contribution in [3.05, 3.63) is 241 Å². The van der Waals surface area contributed by atoms with Crippen LogP contribution in [0.25, 0.3) is 0 Å². The van der Waals surface area contributed by atoms with Crippen LogP contribution in [0, 0.1) is 34.6 Å². The van der Waals surface area contributed by atoms with Crippen LogP contribution >= 0.6 is 0 Å². The number of hydrogen-bond acceptors (Lipinski definition) is 9. The van der Waals surface area contributed by atoms with E-state index in [9.17, 15) is 24.0 Å². The van der Waals surface area contributed by atoms with E-state index in [-0.39, 0.29) is 45.7 Å². The Morgan fingerprint density at radius 2 is 0.710 bits per heavy atom. The van der Waals surface area contributed by atoms with E-state index < -0.39 is 33.7 Å². The first-order valence-electron chi connectivity index (χ1n) is 32.8. The van der Waals surface area contributed by atoms with Gasteiger partial charge in [0.15, 0.2) is 0 Å². The molecule has 3 heterocycles.